The number of nitrogens with one attached hydrogen (secondary N) is 1. The van der Waals surface area contributed by atoms with E-state index in [0.717, 1.165) is 11.1 Å². The Hall–Kier alpha value is -2.62. The molecule has 126 valence electrons. The molecule has 0 saturated heterocycles. The molecule has 0 aliphatic rings. The number of nitrogens with zero attached hydrogens (tertiary/aromatic N) is 1. The molecule has 0 saturated carbocycles. The lowest BCUT2D eigenvalue weighted by atomic mass is 10.0. The molecule has 0 aliphatic carbocycles. The Labute approximate surface area is 143 Å². The fourth-order valence-electron chi connectivity index (χ4n) is 2.57. The van der Waals surface area contributed by atoms with E-state index in [-0.39, 0.29) is 11.8 Å². The maximum Gasteiger partial charge on any atom is 0.255 e. The molecule has 0 radical (unpaired) electrons. The summed E-state index contributed by atoms with van der Waals surface area (Å²) < 4.78 is 0. The van der Waals surface area contributed by atoms with E-state index in [9.17, 15) is 9.59 Å². The lowest BCUT2D eigenvalue weighted by Crippen LogP contribution is -2.30. The highest BCUT2D eigenvalue weighted by Crippen LogP contribution is 2.16. The average Bonchev–Trinajstić information content (AvgIpc) is 2.58. The first-order valence-electron chi connectivity index (χ1n) is 8.24. The highest BCUT2D eigenvalue weighted by atomic mass is 16.2. The zero-order valence-corrected chi connectivity index (χ0v) is 14.7. The molecule has 4 heteroatoms. The summed E-state index contributed by atoms with van der Waals surface area (Å²) in [6.07, 6.45) is 0. The van der Waals surface area contributed by atoms with Crippen LogP contribution < -0.4 is 5.32 Å². The molecule has 0 unspecified atom stereocenters. The number of aryl methyl sites for hydroxylation is 2. The van der Waals surface area contributed by atoms with Crippen LogP contribution in [0.25, 0.3) is 0 Å². The zero-order valence-electron chi connectivity index (χ0n) is 14.7. The van der Waals surface area contributed by atoms with Crippen LogP contribution in [0.5, 0.6) is 0 Å². The van der Waals surface area contributed by atoms with Crippen molar-refractivity contribution in [3.05, 3.63) is 64.7 Å². The van der Waals surface area contributed by atoms with E-state index in [1.54, 1.807) is 29.2 Å². The first kappa shape index (κ1) is 17.7. The summed E-state index contributed by atoms with van der Waals surface area (Å²) in [5.74, 6) is -0.133. The maximum atomic E-state index is 12.4. The molecule has 0 heterocycles. The van der Waals surface area contributed by atoms with Crippen LogP contribution in [0, 0.1) is 13.8 Å². The molecule has 24 heavy (non-hydrogen) atoms. The normalized spacial score (nSPS) is 10.3. The molecule has 0 atom stereocenters. The maximum absolute atomic E-state index is 12.4. The molecule has 0 aromatic heterocycles. The monoisotopic (exact) mass is 324 g/mol. The van der Waals surface area contributed by atoms with Crippen molar-refractivity contribution in [3.8, 4) is 0 Å². The number of carbonyl (C=O) groups excluding carboxylic acids is 2. The standard InChI is InChI=1S/C20H24N2O2/c1-5-22(6-2)20(24)16-9-11-17(12-10-16)21-19(23)18-13-14(3)7-8-15(18)4/h7-13H,5-6H2,1-4H3,(H,21,23). The fraction of sp³-hybridized carbons (Fsp3) is 0.300. The van der Waals surface area contributed by atoms with Crippen LogP contribution in [-0.4, -0.2) is 29.8 Å². The molecule has 2 aromatic carbocycles. The topological polar surface area (TPSA) is 49.4 Å². The van der Waals surface area contributed by atoms with E-state index < -0.39 is 0 Å². The summed E-state index contributed by atoms with van der Waals surface area (Å²) in [6.45, 7) is 9.16. The van der Waals surface area contributed by atoms with Gasteiger partial charge in [-0.25, -0.2) is 0 Å². The van der Waals surface area contributed by atoms with Crippen LogP contribution in [0.3, 0.4) is 0 Å². The number of carbonyl (C=O) groups is 2. The summed E-state index contributed by atoms with van der Waals surface area (Å²) >= 11 is 0. The van der Waals surface area contributed by atoms with E-state index in [0.29, 0.717) is 29.9 Å². The molecule has 4 nitrogen and oxygen atoms in total. The molecule has 2 rings (SSSR count). The Morgan fingerprint density at radius 2 is 1.58 bits per heavy atom. The van der Waals surface area contributed by atoms with Crippen molar-refractivity contribution in [2.75, 3.05) is 18.4 Å². The van der Waals surface area contributed by atoms with Gasteiger partial charge in [0.2, 0.25) is 0 Å². The second-order valence-electron chi connectivity index (χ2n) is 5.83. The lowest BCUT2D eigenvalue weighted by Gasteiger charge is -2.18. The zero-order chi connectivity index (χ0) is 17.7. The molecule has 2 aromatic rings. The van der Waals surface area contributed by atoms with Crippen molar-refractivity contribution in [3.63, 3.8) is 0 Å². The Kier molecular flexibility index (Phi) is 5.74. The van der Waals surface area contributed by atoms with Gasteiger partial charge < -0.3 is 10.2 Å². The van der Waals surface area contributed by atoms with Gasteiger partial charge >= 0.3 is 0 Å². The Morgan fingerprint density at radius 3 is 2.17 bits per heavy atom. The van der Waals surface area contributed by atoms with Gasteiger partial charge in [-0.1, -0.05) is 17.7 Å². The second kappa shape index (κ2) is 7.77. The number of hydrogen-bond acceptors (Lipinski definition) is 2. The van der Waals surface area contributed by atoms with Crippen molar-refractivity contribution >= 4 is 17.5 Å². The number of amides is 2. The third-order valence-electron chi connectivity index (χ3n) is 4.08. The highest BCUT2D eigenvalue weighted by Gasteiger charge is 2.13. The largest absolute Gasteiger partial charge is 0.339 e. The quantitative estimate of drug-likeness (QED) is 0.902. The van der Waals surface area contributed by atoms with Gasteiger partial charge in [0.1, 0.15) is 0 Å². The fourth-order valence-corrected chi connectivity index (χ4v) is 2.57. The van der Waals surface area contributed by atoms with Crippen LogP contribution in [0.15, 0.2) is 42.5 Å². The van der Waals surface area contributed by atoms with Gasteiger partial charge in [-0.05, 0) is 63.6 Å². The third kappa shape index (κ3) is 4.02. The molecule has 0 spiro atoms. The van der Waals surface area contributed by atoms with Gasteiger partial charge in [0, 0.05) is 29.9 Å². The first-order chi connectivity index (χ1) is 11.5. The van der Waals surface area contributed by atoms with Gasteiger partial charge in [-0.2, -0.15) is 0 Å². The minimum Gasteiger partial charge on any atom is -0.339 e. The SMILES string of the molecule is CCN(CC)C(=O)c1ccc(NC(=O)c2cc(C)ccc2C)cc1. The van der Waals surface area contributed by atoms with Crippen molar-refractivity contribution in [2.24, 2.45) is 0 Å². The molecular formula is C20H24N2O2. The predicted octanol–water partition coefficient (Wildman–Crippen LogP) is 4.04. The average molecular weight is 324 g/mol. The summed E-state index contributed by atoms with van der Waals surface area (Å²) in [5, 5.41) is 2.89. The van der Waals surface area contributed by atoms with Gasteiger partial charge in [0.25, 0.3) is 11.8 Å². The van der Waals surface area contributed by atoms with Crippen molar-refractivity contribution in [2.45, 2.75) is 27.7 Å². The van der Waals surface area contributed by atoms with Crippen LogP contribution in [-0.2, 0) is 0 Å². The smallest absolute Gasteiger partial charge is 0.255 e. The molecule has 2 amide bonds. The van der Waals surface area contributed by atoms with Gasteiger partial charge in [0.15, 0.2) is 0 Å². The van der Waals surface area contributed by atoms with Crippen LogP contribution >= 0.6 is 0 Å². The number of benzene rings is 2. The third-order valence-corrected chi connectivity index (χ3v) is 4.08. The summed E-state index contributed by atoms with van der Waals surface area (Å²) in [4.78, 5) is 26.5. The van der Waals surface area contributed by atoms with Crippen LogP contribution in [0.2, 0.25) is 0 Å². The number of hydrogen-bond donors (Lipinski definition) is 1. The summed E-state index contributed by atoms with van der Waals surface area (Å²) in [7, 11) is 0. The lowest BCUT2D eigenvalue weighted by molar-refractivity contribution is 0.0773. The molecule has 0 fully saturated rings. The first-order valence-corrected chi connectivity index (χ1v) is 8.24. The highest BCUT2D eigenvalue weighted by molar-refractivity contribution is 6.05. The summed E-state index contributed by atoms with van der Waals surface area (Å²) in [6, 6.07) is 12.8. The van der Waals surface area contributed by atoms with Crippen molar-refractivity contribution < 1.29 is 9.59 Å². The Balaban J connectivity index is 2.13. The van der Waals surface area contributed by atoms with E-state index in [4.69, 9.17) is 0 Å². The van der Waals surface area contributed by atoms with Gasteiger partial charge in [-0.3, -0.25) is 9.59 Å². The van der Waals surface area contributed by atoms with Crippen molar-refractivity contribution in [1.82, 2.24) is 4.90 Å². The molecule has 1 N–H and O–H groups in total. The number of rotatable bonds is 5. The van der Waals surface area contributed by atoms with E-state index in [1.807, 2.05) is 45.9 Å². The predicted molar refractivity (Wildman–Crippen MR) is 97.6 cm³/mol. The molecular weight excluding hydrogens is 300 g/mol. The van der Waals surface area contributed by atoms with E-state index in [1.165, 1.54) is 0 Å². The van der Waals surface area contributed by atoms with Crippen LogP contribution in [0.1, 0.15) is 45.7 Å². The van der Waals surface area contributed by atoms with Gasteiger partial charge in [-0.15, -0.1) is 0 Å². The van der Waals surface area contributed by atoms with Gasteiger partial charge in [0.05, 0.1) is 0 Å². The molecule has 0 aliphatic heterocycles. The van der Waals surface area contributed by atoms with Crippen molar-refractivity contribution in [1.29, 1.82) is 0 Å². The Bertz CT molecular complexity index is 732. The van der Waals surface area contributed by atoms with E-state index in [2.05, 4.69) is 5.32 Å². The minimum atomic E-state index is -0.140. The minimum absolute atomic E-state index is 0.00686. The molecule has 0 bridgehead atoms. The Morgan fingerprint density at radius 1 is 0.958 bits per heavy atom. The van der Waals surface area contributed by atoms with Crippen LogP contribution in [0.4, 0.5) is 5.69 Å². The second-order valence-corrected chi connectivity index (χ2v) is 5.83. The number of anilines is 1. The summed E-state index contributed by atoms with van der Waals surface area (Å²) in [5.41, 5.74) is 3.95. The van der Waals surface area contributed by atoms with E-state index >= 15 is 0 Å².